The first-order valence-electron chi connectivity index (χ1n) is 5.94. The molecule has 0 aliphatic heterocycles. The van der Waals surface area contributed by atoms with Gasteiger partial charge in [0.2, 0.25) is 0 Å². The number of aromatic nitrogens is 1. The Morgan fingerprint density at radius 1 is 1.22 bits per heavy atom. The zero-order valence-electron chi connectivity index (χ0n) is 10.3. The van der Waals surface area contributed by atoms with E-state index < -0.39 is 0 Å². The molecule has 1 unspecified atom stereocenters. The molecule has 94 valence electrons. The first-order valence-corrected chi connectivity index (χ1v) is 5.94. The van der Waals surface area contributed by atoms with Gasteiger partial charge in [-0.1, -0.05) is 12.1 Å². The largest absolute Gasteiger partial charge is 0.494 e. The number of nitrogens with two attached hydrogens (primary N) is 1. The lowest BCUT2D eigenvalue weighted by Gasteiger charge is -2.17. The van der Waals surface area contributed by atoms with Gasteiger partial charge in [0.05, 0.1) is 12.6 Å². The molecule has 1 heterocycles. The molecule has 0 fully saturated rings. The van der Waals surface area contributed by atoms with E-state index in [9.17, 15) is 0 Å². The fraction of sp³-hybridized carbons (Fsp3) is 0.214. The van der Waals surface area contributed by atoms with Crippen LogP contribution in [0.5, 0.6) is 5.75 Å². The van der Waals surface area contributed by atoms with Gasteiger partial charge in [0.25, 0.3) is 0 Å². The van der Waals surface area contributed by atoms with Crippen molar-refractivity contribution < 1.29 is 4.74 Å². The van der Waals surface area contributed by atoms with Gasteiger partial charge in [-0.2, -0.15) is 0 Å². The van der Waals surface area contributed by atoms with Crippen molar-refractivity contribution in [1.29, 1.82) is 0 Å². The molecule has 0 radical (unpaired) electrons. The summed E-state index contributed by atoms with van der Waals surface area (Å²) in [5, 5.41) is 0. The van der Waals surface area contributed by atoms with Crippen LogP contribution < -0.4 is 16.0 Å². The summed E-state index contributed by atoms with van der Waals surface area (Å²) in [6.45, 7) is 2.62. The Kier molecular flexibility index (Phi) is 4.28. The third-order valence-electron chi connectivity index (χ3n) is 2.71. The van der Waals surface area contributed by atoms with E-state index in [0.29, 0.717) is 6.61 Å². The third-order valence-corrected chi connectivity index (χ3v) is 2.71. The average Bonchev–Trinajstić information content (AvgIpc) is 2.42. The molecule has 2 aromatic rings. The number of benzene rings is 1. The van der Waals surface area contributed by atoms with Crippen LogP contribution in [0.4, 0.5) is 0 Å². The molecular weight excluding hydrogens is 226 g/mol. The van der Waals surface area contributed by atoms with Crippen molar-refractivity contribution in [1.82, 2.24) is 10.4 Å². The molecule has 0 aliphatic rings. The first kappa shape index (κ1) is 12.5. The topological polar surface area (TPSA) is 60.2 Å². The summed E-state index contributed by atoms with van der Waals surface area (Å²) in [4.78, 5) is 4.01. The van der Waals surface area contributed by atoms with Gasteiger partial charge in [0.1, 0.15) is 5.75 Å². The van der Waals surface area contributed by atoms with Gasteiger partial charge < -0.3 is 4.74 Å². The van der Waals surface area contributed by atoms with Gasteiger partial charge in [-0.15, -0.1) is 0 Å². The van der Waals surface area contributed by atoms with Crippen LogP contribution in [0.3, 0.4) is 0 Å². The first-order chi connectivity index (χ1) is 8.85. The smallest absolute Gasteiger partial charge is 0.119 e. The van der Waals surface area contributed by atoms with E-state index >= 15 is 0 Å². The highest BCUT2D eigenvalue weighted by atomic mass is 16.5. The lowest BCUT2D eigenvalue weighted by atomic mass is 10.0. The molecule has 4 nitrogen and oxygen atoms in total. The number of nitrogens with zero attached hydrogens (tertiary/aromatic N) is 1. The molecule has 0 aliphatic carbocycles. The maximum atomic E-state index is 5.65. The monoisotopic (exact) mass is 243 g/mol. The van der Waals surface area contributed by atoms with Crippen molar-refractivity contribution in [3.8, 4) is 5.75 Å². The zero-order chi connectivity index (χ0) is 12.8. The van der Waals surface area contributed by atoms with E-state index in [4.69, 9.17) is 10.6 Å². The summed E-state index contributed by atoms with van der Waals surface area (Å²) < 4.78 is 5.50. The van der Waals surface area contributed by atoms with Crippen LogP contribution in [0.1, 0.15) is 24.1 Å². The molecule has 18 heavy (non-hydrogen) atoms. The zero-order valence-corrected chi connectivity index (χ0v) is 10.3. The van der Waals surface area contributed by atoms with E-state index in [1.807, 2.05) is 43.3 Å². The molecule has 0 saturated carbocycles. The second kappa shape index (κ2) is 6.14. The second-order valence-electron chi connectivity index (χ2n) is 3.89. The summed E-state index contributed by atoms with van der Waals surface area (Å²) in [6.07, 6.45) is 3.51. The van der Waals surface area contributed by atoms with Gasteiger partial charge in [0, 0.05) is 12.4 Å². The van der Waals surface area contributed by atoms with Crippen molar-refractivity contribution >= 4 is 0 Å². The van der Waals surface area contributed by atoms with Crippen LogP contribution in [0.25, 0.3) is 0 Å². The number of hydrogen-bond donors (Lipinski definition) is 2. The van der Waals surface area contributed by atoms with Crippen LogP contribution in [-0.4, -0.2) is 11.6 Å². The van der Waals surface area contributed by atoms with Crippen LogP contribution in [0.15, 0.2) is 48.8 Å². The third kappa shape index (κ3) is 2.85. The van der Waals surface area contributed by atoms with Crippen LogP contribution in [0.2, 0.25) is 0 Å². The quantitative estimate of drug-likeness (QED) is 0.623. The normalized spacial score (nSPS) is 12.1. The van der Waals surface area contributed by atoms with Crippen molar-refractivity contribution in [2.24, 2.45) is 5.84 Å². The second-order valence-corrected chi connectivity index (χ2v) is 3.89. The minimum atomic E-state index is -0.0617. The Balaban J connectivity index is 2.30. The summed E-state index contributed by atoms with van der Waals surface area (Å²) in [7, 11) is 0. The van der Waals surface area contributed by atoms with Crippen molar-refractivity contribution in [3.05, 3.63) is 59.9 Å². The van der Waals surface area contributed by atoms with Gasteiger partial charge in [0.15, 0.2) is 0 Å². The summed E-state index contributed by atoms with van der Waals surface area (Å²) in [6, 6.07) is 11.7. The van der Waals surface area contributed by atoms with Crippen LogP contribution >= 0.6 is 0 Å². The van der Waals surface area contributed by atoms with Crippen LogP contribution in [0, 0.1) is 0 Å². The Morgan fingerprint density at radius 2 is 2.00 bits per heavy atom. The van der Waals surface area contributed by atoms with Crippen molar-refractivity contribution in [2.75, 3.05) is 6.61 Å². The lowest BCUT2D eigenvalue weighted by Crippen LogP contribution is -2.28. The lowest BCUT2D eigenvalue weighted by molar-refractivity contribution is 0.339. The highest BCUT2D eigenvalue weighted by Crippen LogP contribution is 2.24. The highest BCUT2D eigenvalue weighted by molar-refractivity contribution is 5.35. The van der Waals surface area contributed by atoms with Gasteiger partial charge in [-0.3, -0.25) is 10.8 Å². The summed E-state index contributed by atoms with van der Waals surface area (Å²) >= 11 is 0. The van der Waals surface area contributed by atoms with E-state index in [1.54, 1.807) is 12.4 Å². The number of hydrogen-bond acceptors (Lipinski definition) is 4. The van der Waals surface area contributed by atoms with Crippen molar-refractivity contribution in [2.45, 2.75) is 13.0 Å². The van der Waals surface area contributed by atoms with E-state index in [-0.39, 0.29) is 6.04 Å². The number of rotatable bonds is 5. The van der Waals surface area contributed by atoms with Crippen molar-refractivity contribution in [3.63, 3.8) is 0 Å². The minimum absolute atomic E-state index is 0.0617. The highest BCUT2D eigenvalue weighted by Gasteiger charge is 2.12. The molecule has 0 spiro atoms. The van der Waals surface area contributed by atoms with E-state index in [2.05, 4.69) is 10.4 Å². The summed E-state index contributed by atoms with van der Waals surface area (Å²) in [5.74, 6) is 6.50. The average molecular weight is 243 g/mol. The number of ether oxygens (including phenoxy) is 1. The fourth-order valence-electron chi connectivity index (χ4n) is 1.89. The predicted molar refractivity (Wildman–Crippen MR) is 71.0 cm³/mol. The van der Waals surface area contributed by atoms with Crippen LogP contribution in [-0.2, 0) is 0 Å². The van der Waals surface area contributed by atoms with E-state index in [0.717, 1.165) is 16.9 Å². The van der Waals surface area contributed by atoms with Gasteiger partial charge >= 0.3 is 0 Å². The Morgan fingerprint density at radius 3 is 2.67 bits per heavy atom. The molecule has 2 rings (SSSR count). The maximum Gasteiger partial charge on any atom is 0.119 e. The standard InChI is InChI=1S/C14H17N3O/c1-2-18-13-5-3-4-12(10-13)14(17-15)11-6-8-16-9-7-11/h3-10,14,17H,2,15H2,1H3. The SMILES string of the molecule is CCOc1cccc(C(NN)c2ccncc2)c1. The van der Waals surface area contributed by atoms with Gasteiger partial charge in [-0.05, 0) is 42.3 Å². The molecule has 0 amide bonds. The molecule has 1 aromatic heterocycles. The molecule has 0 bridgehead atoms. The number of pyridine rings is 1. The molecule has 3 N–H and O–H groups in total. The van der Waals surface area contributed by atoms with E-state index in [1.165, 1.54) is 0 Å². The molecule has 1 aromatic carbocycles. The predicted octanol–water partition coefficient (Wildman–Crippen LogP) is 2.03. The molecule has 0 saturated heterocycles. The Hall–Kier alpha value is -1.91. The fourth-order valence-corrected chi connectivity index (χ4v) is 1.89. The molecule has 4 heteroatoms. The van der Waals surface area contributed by atoms with Gasteiger partial charge in [-0.25, -0.2) is 5.43 Å². The number of nitrogens with one attached hydrogen (secondary N) is 1. The number of hydrazine groups is 1. The molecular formula is C14H17N3O. The Bertz CT molecular complexity index is 487. The minimum Gasteiger partial charge on any atom is -0.494 e. The Labute approximate surface area is 107 Å². The molecule has 1 atom stereocenters. The maximum absolute atomic E-state index is 5.65. The summed E-state index contributed by atoms with van der Waals surface area (Å²) in [5.41, 5.74) is 4.96.